The van der Waals surface area contributed by atoms with Crippen LogP contribution in [0.2, 0.25) is 0 Å². The highest BCUT2D eigenvalue weighted by Crippen LogP contribution is 2.14. The van der Waals surface area contributed by atoms with Gasteiger partial charge < -0.3 is 11.1 Å². The van der Waals surface area contributed by atoms with Crippen molar-refractivity contribution in [3.05, 3.63) is 29.8 Å². The van der Waals surface area contributed by atoms with Gasteiger partial charge in [0.15, 0.2) is 0 Å². The topological polar surface area (TPSA) is 55.1 Å². The number of hydrogen-bond acceptors (Lipinski definition) is 2. The van der Waals surface area contributed by atoms with E-state index in [4.69, 9.17) is 5.73 Å². The Labute approximate surface area is 122 Å². The average Bonchev–Trinajstić information content (AvgIpc) is 2.47. The molecule has 3 N–H and O–H groups in total. The van der Waals surface area contributed by atoms with Crippen molar-refractivity contribution < 1.29 is 4.79 Å². The summed E-state index contributed by atoms with van der Waals surface area (Å²) in [6.07, 6.45) is 5.74. The van der Waals surface area contributed by atoms with Crippen LogP contribution < -0.4 is 11.1 Å². The molecule has 1 unspecified atom stereocenters. The second kappa shape index (κ2) is 8.75. The molecule has 0 saturated heterocycles. The third-order valence-corrected chi connectivity index (χ3v) is 3.85. The fourth-order valence-electron chi connectivity index (χ4n) is 2.07. The van der Waals surface area contributed by atoms with Crippen molar-refractivity contribution in [3.63, 3.8) is 0 Å². The van der Waals surface area contributed by atoms with Gasteiger partial charge in [-0.15, -0.1) is 0 Å². The molecule has 112 valence electrons. The van der Waals surface area contributed by atoms with Crippen molar-refractivity contribution >= 4 is 11.6 Å². The summed E-state index contributed by atoms with van der Waals surface area (Å²) in [5.74, 6) is 0.0985. The van der Waals surface area contributed by atoms with Crippen LogP contribution in [0.1, 0.15) is 52.0 Å². The zero-order valence-electron chi connectivity index (χ0n) is 13.0. The van der Waals surface area contributed by atoms with Crippen molar-refractivity contribution in [3.8, 4) is 0 Å². The van der Waals surface area contributed by atoms with E-state index in [1.54, 1.807) is 0 Å². The molecule has 1 aromatic rings. The Kier molecular flexibility index (Phi) is 7.31. The van der Waals surface area contributed by atoms with Crippen LogP contribution in [-0.2, 0) is 11.2 Å². The van der Waals surface area contributed by atoms with E-state index < -0.39 is 6.04 Å². The summed E-state index contributed by atoms with van der Waals surface area (Å²) < 4.78 is 0. The standard InChI is InChI=1S/C17H28N2O/c1-4-6-7-8-14-9-11-15(12-10-14)19-17(20)16(18)13(3)5-2/h9-13,16H,4-8,18H2,1-3H3,(H,19,20)/t13?,16-/m0/s1. The minimum Gasteiger partial charge on any atom is -0.325 e. The van der Waals surface area contributed by atoms with Crippen LogP contribution >= 0.6 is 0 Å². The fraction of sp³-hybridized carbons (Fsp3) is 0.588. The van der Waals surface area contributed by atoms with Gasteiger partial charge >= 0.3 is 0 Å². The second-order valence-electron chi connectivity index (χ2n) is 5.55. The molecule has 2 atom stereocenters. The lowest BCUT2D eigenvalue weighted by Gasteiger charge is -2.17. The number of carbonyl (C=O) groups excluding carboxylic acids is 1. The highest BCUT2D eigenvalue weighted by molar-refractivity contribution is 5.94. The number of aryl methyl sites for hydroxylation is 1. The monoisotopic (exact) mass is 276 g/mol. The molecule has 0 aliphatic rings. The molecule has 0 aliphatic carbocycles. The SMILES string of the molecule is CCCCCc1ccc(NC(=O)[C@@H](N)C(C)CC)cc1. The van der Waals surface area contributed by atoms with Crippen molar-refractivity contribution in [2.75, 3.05) is 5.32 Å². The number of nitrogens with two attached hydrogens (primary N) is 1. The van der Waals surface area contributed by atoms with Gasteiger partial charge in [0.1, 0.15) is 0 Å². The predicted molar refractivity (Wildman–Crippen MR) is 85.7 cm³/mol. The van der Waals surface area contributed by atoms with E-state index in [-0.39, 0.29) is 11.8 Å². The summed E-state index contributed by atoms with van der Waals surface area (Å²) >= 11 is 0. The van der Waals surface area contributed by atoms with Crippen LogP contribution in [-0.4, -0.2) is 11.9 Å². The van der Waals surface area contributed by atoms with E-state index in [2.05, 4.69) is 24.4 Å². The first-order chi connectivity index (χ1) is 9.58. The molecule has 0 heterocycles. The van der Waals surface area contributed by atoms with Crippen molar-refractivity contribution in [2.45, 2.75) is 58.9 Å². The smallest absolute Gasteiger partial charge is 0.241 e. The fourth-order valence-corrected chi connectivity index (χ4v) is 2.07. The Morgan fingerprint density at radius 3 is 2.40 bits per heavy atom. The summed E-state index contributed by atoms with van der Waals surface area (Å²) in [5, 5.41) is 2.89. The van der Waals surface area contributed by atoms with E-state index in [0.717, 1.165) is 18.5 Å². The molecule has 3 nitrogen and oxygen atoms in total. The third kappa shape index (κ3) is 5.33. The van der Waals surface area contributed by atoms with Gasteiger partial charge in [-0.3, -0.25) is 4.79 Å². The summed E-state index contributed by atoms with van der Waals surface area (Å²) in [6.45, 7) is 6.25. The van der Waals surface area contributed by atoms with Gasteiger partial charge in [0.25, 0.3) is 0 Å². The molecular weight excluding hydrogens is 248 g/mol. The molecule has 3 heteroatoms. The summed E-state index contributed by atoms with van der Waals surface area (Å²) in [7, 11) is 0. The number of unbranched alkanes of at least 4 members (excludes halogenated alkanes) is 2. The Morgan fingerprint density at radius 1 is 1.20 bits per heavy atom. The van der Waals surface area contributed by atoms with Crippen molar-refractivity contribution in [2.24, 2.45) is 11.7 Å². The zero-order valence-corrected chi connectivity index (χ0v) is 13.0. The molecule has 0 fully saturated rings. The molecule has 20 heavy (non-hydrogen) atoms. The Hall–Kier alpha value is -1.35. The van der Waals surface area contributed by atoms with E-state index in [1.807, 2.05) is 26.0 Å². The quantitative estimate of drug-likeness (QED) is 0.711. The lowest BCUT2D eigenvalue weighted by Crippen LogP contribution is -2.40. The number of hydrogen-bond donors (Lipinski definition) is 2. The largest absolute Gasteiger partial charge is 0.325 e. The van der Waals surface area contributed by atoms with Gasteiger partial charge in [0.2, 0.25) is 5.91 Å². The van der Waals surface area contributed by atoms with Gasteiger partial charge in [-0.1, -0.05) is 52.2 Å². The highest BCUT2D eigenvalue weighted by atomic mass is 16.2. The maximum Gasteiger partial charge on any atom is 0.241 e. The van der Waals surface area contributed by atoms with E-state index >= 15 is 0 Å². The van der Waals surface area contributed by atoms with E-state index in [1.165, 1.54) is 24.8 Å². The Bertz CT molecular complexity index is 400. The van der Waals surface area contributed by atoms with Crippen molar-refractivity contribution in [1.29, 1.82) is 0 Å². The number of rotatable bonds is 8. The van der Waals surface area contributed by atoms with Gasteiger partial charge in [-0.25, -0.2) is 0 Å². The molecule has 1 rings (SSSR count). The summed E-state index contributed by atoms with van der Waals surface area (Å²) in [5.41, 5.74) is 8.07. The molecule has 0 radical (unpaired) electrons. The van der Waals surface area contributed by atoms with Crippen LogP contribution in [0.15, 0.2) is 24.3 Å². The molecule has 0 saturated carbocycles. The highest BCUT2D eigenvalue weighted by Gasteiger charge is 2.19. The first kappa shape index (κ1) is 16.7. The number of anilines is 1. The molecule has 0 aromatic heterocycles. The Morgan fingerprint density at radius 2 is 1.85 bits per heavy atom. The molecule has 1 aromatic carbocycles. The number of benzene rings is 1. The average molecular weight is 276 g/mol. The van der Waals surface area contributed by atoms with Crippen LogP contribution in [0, 0.1) is 5.92 Å². The molecular formula is C17H28N2O. The maximum absolute atomic E-state index is 12.0. The van der Waals surface area contributed by atoms with Crippen LogP contribution in [0.5, 0.6) is 0 Å². The van der Waals surface area contributed by atoms with Gasteiger partial charge in [-0.05, 0) is 36.5 Å². The molecule has 0 aliphatic heterocycles. The molecule has 1 amide bonds. The molecule has 0 spiro atoms. The van der Waals surface area contributed by atoms with Crippen molar-refractivity contribution in [1.82, 2.24) is 0 Å². The minimum atomic E-state index is -0.441. The summed E-state index contributed by atoms with van der Waals surface area (Å²) in [6, 6.07) is 7.65. The normalized spacial score (nSPS) is 13.8. The van der Waals surface area contributed by atoms with Crippen LogP contribution in [0.25, 0.3) is 0 Å². The first-order valence-corrected chi connectivity index (χ1v) is 7.73. The van der Waals surface area contributed by atoms with Gasteiger partial charge in [0, 0.05) is 5.69 Å². The Balaban J connectivity index is 2.50. The lowest BCUT2D eigenvalue weighted by molar-refractivity contribution is -0.118. The van der Waals surface area contributed by atoms with Gasteiger partial charge in [0.05, 0.1) is 6.04 Å². The minimum absolute atomic E-state index is 0.0990. The second-order valence-corrected chi connectivity index (χ2v) is 5.55. The number of nitrogens with one attached hydrogen (secondary N) is 1. The number of amides is 1. The van der Waals surface area contributed by atoms with Crippen LogP contribution in [0.4, 0.5) is 5.69 Å². The van der Waals surface area contributed by atoms with Gasteiger partial charge in [-0.2, -0.15) is 0 Å². The molecule has 0 bridgehead atoms. The first-order valence-electron chi connectivity index (χ1n) is 7.73. The number of carbonyl (C=O) groups is 1. The maximum atomic E-state index is 12.0. The van der Waals surface area contributed by atoms with E-state index in [9.17, 15) is 4.79 Å². The zero-order chi connectivity index (χ0) is 15.0. The van der Waals surface area contributed by atoms with E-state index in [0.29, 0.717) is 0 Å². The summed E-state index contributed by atoms with van der Waals surface area (Å²) in [4.78, 5) is 12.0. The van der Waals surface area contributed by atoms with Crippen LogP contribution in [0.3, 0.4) is 0 Å². The predicted octanol–water partition coefficient (Wildman–Crippen LogP) is 3.73. The lowest BCUT2D eigenvalue weighted by atomic mass is 9.99. The third-order valence-electron chi connectivity index (χ3n) is 3.85.